The van der Waals surface area contributed by atoms with Crippen molar-refractivity contribution in [2.24, 2.45) is 0 Å². The predicted octanol–water partition coefficient (Wildman–Crippen LogP) is -3.57. The maximum Gasteiger partial charge on any atom is 0.344 e. The van der Waals surface area contributed by atoms with Gasteiger partial charge in [0.2, 0.25) is 11.8 Å². The van der Waals surface area contributed by atoms with Crippen molar-refractivity contribution in [2.75, 3.05) is 6.61 Å². The number of hydrogen-bond acceptors (Lipinski definition) is 7. The quantitative estimate of drug-likeness (QED) is 0.227. The Balaban J connectivity index is 2.47. The number of aliphatic hydroxyl groups excluding tert-OH is 3. The average molecular weight is 311 g/mol. The van der Waals surface area contributed by atoms with Gasteiger partial charge in [-0.3, -0.25) is 19.5 Å². The summed E-state index contributed by atoms with van der Waals surface area (Å²) in [6.45, 7) is -0.721. The topological polar surface area (TPSA) is 174 Å². The van der Waals surface area contributed by atoms with Crippen LogP contribution >= 0.6 is 7.60 Å². The largest absolute Gasteiger partial charge is 0.394 e. The summed E-state index contributed by atoms with van der Waals surface area (Å²) in [7, 11) is -5.20. The summed E-state index contributed by atoms with van der Waals surface area (Å²) in [6, 6.07) is 0. The van der Waals surface area contributed by atoms with E-state index in [1.54, 1.807) is 5.32 Å². The van der Waals surface area contributed by atoms with Crippen LogP contribution in [0.4, 0.5) is 0 Å². The first kappa shape index (κ1) is 15.5. The molecule has 0 aliphatic carbocycles. The Hall–Kier alpha value is -0.870. The van der Waals surface area contributed by atoms with Crippen LogP contribution < -0.4 is 5.32 Å². The molecular formula is C9H14NO9P. The lowest BCUT2D eigenvalue weighted by atomic mass is 9.93. The van der Waals surface area contributed by atoms with E-state index >= 15 is 0 Å². The van der Waals surface area contributed by atoms with E-state index in [-0.39, 0.29) is 0 Å². The highest BCUT2D eigenvalue weighted by Crippen LogP contribution is 2.58. The molecule has 0 radical (unpaired) electrons. The molecule has 10 nitrogen and oxygen atoms in total. The van der Waals surface area contributed by atoms with Crippen LogP contribution in [-0.4, -0.2) is 73.1 Å². The summed E-state index contributed by atoms with van der Waals surface area (Å²) in [5, 5.41) is 27.6. The Morgan fingerprint density at radius 2 is 1.90 bits per heavy atom. The van der Waals surface area contributed by atoms with Gasteiger partial charge in [-0.15, -0.1) is 0 Å². The van der Waals surface area contributed by atoms with Gasteiger partial charge >= 0.3 is 7.60 Å². The molecule has 2 amide bonds. The van der Waals surface area contributed by atoms with E-state index in [1.807, 2.05) is 0 Å². The second-order valence-electron chi connectivity index (χ2n) is 4.78. The molecule has 5 atom stereocenters. The molecule has 0 bridgehead atoms. The Bertz CT molecular complexity index is 490. The van der Waals surface area contributed by atoms with Gasteiger partial charge in [0.15, 0.2) is 5.16 Å². The lowest BCUT2D eigenvalue weighted by molar-refractivity contribution is -0.128. The minimum atomic E-state index is -5.20. The number of ether oxygens (including phenoxy) is 1. The van der Waals surface area contributed by atoms with Crippen LogP contribution in [0.5, 0.6) is 0 Å². The van der Waals surface area contributed by atoms with Crippen LogP contribution in [-0.2, 0) is 18.9 Å². The third-order valence-electron chi connectivity index (χ3n) is 3.61. The number of carbonyl (C=O) groups excluding carboxylic acids is 2. The number of hydrogen-bond donors (Lipinski definition) is 6. The van der Waals surface area contributed by atoms with Gasteiger partial charge in [0.05, 0.1) is 13.0 Å². The van der Waals surface area contributed by atoms with Crippen molar-refractivity contribution in [1.29, 1.82) is 0 Å². The van der Waals surface area contributed by atoms with E-state index in [0.717, 1.165) is 0 Å². The molecule has 2 aliphatic rings. The third kappa shape index (κ3) is 2.01. The van der Waals surface area contributed by atoms with Gasteiger partial charge in [0, 0.05) is 0 Å². The molecule has 0 saturated carbocycles. The summed E-state index contributed by atoms with van der Waals surface area (Å²) in [4.78, 5) is 42.0. The van der Waals surface area contributed by atoms with Crippen molar-refractivity contribution in [1.82, 2.24) is 5.32 Å². The van der Waals surface area contributed by atoms with E-state index in [2.05, 4.69) is 0 Å². The van der Waals surface area contributed by atoms with E-state index < -0.39 is 62.0 Å². The molecule has 2 rings (SSSR count). The number of amides is 2. The molecule has 2 aliphatic heterocycles. The van der Waals surface area contributed by atoms with Gasteiger partial charge in [0.25, 0.3) is 0 Å². The molecule has 0 spiro atoms. The van der Waals surface area contributed by atoms with Crippen LogP contribution in [0.2, 0.25) is 0 Å². The van der Waals surface area contributed by atoms with Gasteiger partial charge in [0.1, 0.15) is 24.4 Å². The highest BCUT2D eigenvalue weighted by Gasteiger charge is 2.69. The van der Waals surface area contributed by atoms with Crippen molar-refractivity contribution in [2.45, 2.75) is 36.0 Å². The van der Waals surface area contributed by atoms with Crippen molar-refractivity contribution >= 4 is 19.4 Å². The monoisotopic (exact) mass is 311 g/mol. The number of aliphatic hydroxyl groups is 3. The average Bonchev–Trinajstić information content (AvgIpc) is 2.78. The summed E-state index contributed by atoms with van der Waals surface area (Å²) < 4.78 is 16.7. The fourth-order valence-electron chi connectivity index (χ4n) is 2.53. The summed E-state index contributed by atoms with van der Waals surface area (Å²) >= 11 is 0. The summed E-state index contributed by atoms with van der Waals surface area (Å²) in [6.07, 6.45) is -7.43. The maximum absolute atomic E-state index is 11.8. The zero-order valence-corrected chi connectivity index (χ0v) is 10.9. The molecule has 0 aromatic rings. The van der Waals surface area contributed by atoms with Gasteiger partial charge in [-0.05, 0) is 0 Å². The van der Waals surface area contributed by atoms with E-state index in [0.29, 0.717) is 0 Å². The van der Waals surface area contributed by atoms with Gasteiger partial charge < -0.3 is 29.8 Å². The second kappa shape index (κ2) is 4.85. The maximum atomic E-state index is 11.8. The molecule has 2 unspecified atom stereocenters. The summed E-state index contributed by atoms with van der Waals surface area (Å²) in [5.74, 6) is -2.19. The zero-order chi connectivity index (χ0) is 15.3. The van der Waals surface area contributed by atoms with Crippen LogP contribution in [0.25, 0.3) is 0 Å². The van der Waals surface area contributed by atoms with Crippen molar-refractivity contribution in [3.63, 3.8) is 0 Å². The Labute approximate surface area is 112 Å². The fourth-order valence-corrected chi connectivity index (χ4v) is 3.74. The molecule has 20 heavy (non-hydrogen) atoms. The zero-order valence-electron chi connectivity index (χ0n) is 10.0. The van der Waals surface area contributed by atoms with Gasteiger partial charge in [-0.1, -0.05) is 0 Å². The van der Waals surface area contributed by atoms with E-state index in [4.69, 9.17) is 9.84 Å². The molecule has 6 N–H and O–H groups in total. The Morgan fingerprint density at radius 3 is 2.25 bits per heavy atom. The van der Waals surface area contributed by atoms with Gasteiger partial charge in [-0.25, -0.2) is 0 Å². The molecule has 11 heteroatoms. The molecule has 0 aromatic heterocycles. The molecule has 2 saturated heterocycles. The van der Waals surface area contributed by atoms with Crippen LogP contribution in [0, 0.1) is 0 Å². The molecule has 114 valence electrons. The number of imide groups is 1. The number of rotatable bonds is 3. The smallest absolute Gasteiger partial charge is 0.344 e. The Kier molecular flexibility index (Phi) is 3.76. The fraction of sp³-hybridized carbons (Fsp3) is 0.778. The normalized spacial score (nSPS) is 42.0. The van der Waals surface area contributed by atoms with Crippen LogP contribution in [0.15, 0.2) is 0 Å². The first-order valence-electron chi connectivity index (χ1n) is 5.67. The first-order valence-corrected chi connectivity index (χ1v) is 7.28. The third-order valence-corrected chi connectivity index (χ3v) is 5.26. The van der Waals surface area contributed by atoms with E-state index in [1.165, 1.54) is 0 Å². The predicted molar refractivity (Wildman–Crippen MR) is 60.3 cm³/mol. The number of carbonyl (C=O) groups is 2. The standard InChI is InChI=1S/C9H14NO9P/c11-2-3-5(13)6(14)7(19-3)9(20(16,17)18)1-4(12)10-8(9)15/h3,5-7,11,13-14H,1-2H2,(H,10,12,15)(H2,16,17,18)/t3-,5-,6-,7?,9?/m1/s1. The SMILES string of the molecule is O=C1CC(C2O[C@H](CO)[C@@H](O)[C@H]2O)(P(=O)(O)O)C(=O)N1. The van der Waals surface area contributed by atoms with Gasteiger partial charge in [-0.2, -0.15) is 0 Å². The molecule has 0 aromatic carbocycles. The summed E-state index contributed by atoms with van der Waals surface area (Å²) in [5.41, 5.74) is 0. The highest BCUT2D eigenvalue weighted by atomic mass is 31.2. The van der Waals surface area contributed by atoms with Crippen LogP contribution in [0.3, 0.4) is 0 Å². The van der Waals surface area contributed by atoms with Crippen molar-refractivity contribution in [3.8, 4) is 0 Å². The lowest BCUT2D eigenvalue weighted by Crippen LogP contribution is -2.53. The highest BCUT2D eigenvalue weighted by molar-refractivity contribution is 7.55. The van der Waals surface area contributed by atoms with Crippen LogP contribution in [0.1, 0.15) is 6.42 Å². The minimum absolute atomic E-state index is 0.721. The molecular weight excluding hydrogens is 297 g/mol. The second-order valence-corrected chi connectivity index (χ2v) is 6.67. The van der Waals surface area contributed by atoms with E-state index in [9.17, 15) is 34.2 Å². The number of nitrogens with one attached hydrogen (secondary N) is 1. The molecule has 2 fully saturated rings. The lowest BCUT2D eigenvalue weighted by Gasteiger charge is -2.33. The van der Waals surface area contributed by atoms with Crippen molar-refractivity contribution in [3.05, 3.63) is 0 Å². The minimum Gasteiger partial charge on any atom is -0.394 e. The van der Waals surface area contributed by atoms with Crippen molar-refractivity contribution < 1.29 is 44.0 Å². The molecule has 2 heterocycles. The Morgan fingerprint density at radius 1 is 1.30 bits per heavy atom. The first-order chi connectivity index (χ1) is 9.15.